The van der Waals surface area contributed by atoms with Crippen LogP contribution in [0, 0.1) is 5.41 Å². The Morgan fingerprint density at radius 1 is 1.40 bits per heavy atom. The van der Waals surface area contributed by atoms with Crippen molar-refractivity contribution in [2.75, 3.05) is 0 Å². The van der Waals surface area contributed by atoms with Gasteiger partial charge in [-0.05, 0) is 18.8 Å². The molecule has 0 saturated heterocycles. The second kappa shape index (κ2) is 3.77. The maximum absolute atomic E-state index is 9.47. The zero-order chi connectivity index (χ0) is 8.20. The molecule has 1 N–H and O–H groups in total. The third-order valence-corrected chi connectivity index (χ3v) is 1.59. The van der Waals surface area contributed by atoms with Crippen LogP contribution in [0.4, 0.5) is 0 Å². The fraction of sp³-hybridized carbons (Fsp3) is 0.778. The molecule has 60 valence electrons. The average molecular weight is 142 g/mol. The minimum atomic E-state index is -0.219. The van der Waals surface area contributed by atoms with Gasteiger partial charge in [-0.15, -0.1) is 0 Å². The van der Waals surface area contributed by atoms with E-state index < -0.39 is 0 Å². The van der Waals surface area contributed by atoms with Crippen LogP contribution in [0.1, 0.15) is 34.1 Å². The lowest BCUT2D eigenvalue weighted by atomic mass is 9.87. The van der Waals surface area contributed by atoms with Crippen molar-refractivity contribution in [2.45, 2.75) is 40.2 Å². The minimum absolute atomic E-state index is 0.0134. The zero-order valence-electron chi connectivity index (χ0n) is 7.39. The maximum Gasteiger partial charge on any atom is 0.0622 e. The molecular formula is C9H18O. The van der Waals surface area contributed by atoms with E-state index in [4.69, 9.17) is 0 Å². The molecule has 0 unspecified atom stereocenters. The third kappa shape index (κ3) is 3.67. The summed E-state index contributed by atoms with van der Waals surface area (Å²) in [5.74, 6) is 0. The number of allylic oxidation sites excluding steroid dienone is 1. The molecule has 0 bridgehead atoms. The molecule has 0 rings (SSSR count). The summed E-state index contributed by atoms with van der Waals surface area (Å²) in [7, 11) is 0. The van der Waals surface area contributed by atoms with E-state index in [2.05, 4.69) is 0 Å². The number of hydrogen-bond acceptors (Lipinski definition) is 1. The van der Waals surface area contributed by atoms with Crippen molar-refractivity contribution in [3.8, 4) is 0 Å². The van der Waals surface area contributed by atoms with Crippen LogP contribution in [-0.4, -0.2) is 11.2 Å². The van der Waals surface area contributed by atoms with E-state index >= 15 is 0 Å². The van der Waals surface area contributed by atoms with E-state index in [1.807, 2.05) is 39.8 Å². The van der Waals surface area contributed by atoms with Crippen molar-refractivity contribution in [1.82, 2.24) is 0 Å². The van der Waals surface area contributed by atoms with Crippen LogP contribution in [-0.2, 0) is 0 Å². The third-order valence-electron chi connectivity index (χ3n) is 1.59. The molecular weight excluding hydrogens is 124 g/mol. The van der Waals surface area contributed by atoms with E-state index in [9.17, 15) is 5.11 Å². The quantitative estimate of drug-likeness (QED) is 0.587. The van der Waals surface area contributed by atoms with Gasteiger partial charge in [0.05, 0.1) is 6.10 Å². The number of aliphatic hydroxyl groups is 1. The van der Waals surface area contributed by atoms with E-state index in [0.717, 1.165) is 6.42 Å². The molecule has 0 saturated carbocycles. The summed E-state index contributed by atoms with van der Waals surface area (Å²) >= 11 is 0. The van der Waals surface area contributed by atoms with Gasteiger partial charge in [0.25, 0.3) is 0 Å². The Bertz CT molecular complexity index is 108. The van der Waals surface area contributed by atoms with E-state index in [1.165, 1.54) is 0 Å². The first kappa shape index (κ1) is 9.70. The lowest BCUT2D eigenvalue weighted by Gasteiger charge is -2.24. The van der Waals surface area contributed by atoms with Gasteiger partial charge in [0.2, 0.25) is 0 Å². The van der Waals surface area contributed by atoms with Gasteiger partial charge >= 0.3 is 0 Å². The second-order valence-electron chi connectivity index (χ2n) is 3.69. The monoisotopic (exact) mass is 142 g/mol. The van der Waals surface area contributed by atoms with Crippen LogP contribution in [0.3, 0.4) is 0 Å². The van der Waals surface area contributed by atoms with Crippen molar-refractivity contribution in [1.29, 1.82) is 0 Å². The van der Waals surface area contributed by atoms with Crippen molar-refractivity contribution < 1.29 is 5.11 Å². The molecule has 0 amide bonds. The molecule has 10 heavy (non-hydrogen) atoms. The summed E-state index contributed by atoms with van der Waals surface area (Å²) in [5, 5.41) is 9.47. The standard InChI is InChI=1S/C9H18O/c1-5-6-7-8(10)9(2,3)4/h5-6,8,10H,7H2,1-4H3/b6-5+/t8-/m1/s1. The highest BCUT2D eigenvalue weighted by atomic mass is 16.3. The first-order valence-electron chi connectivity index (χ1n) is 3.77. The fourth-order valence-corrected chi connectivity index (χ4v) is 0.619. The Kier molecular flexibility index (Phi) is 3.66. The van der Waals surface area contributed by atoms with E-state index in [-0.39, 0.29) is 11.5 Å². The molecule has 0 aromatic heterocycles. The molecule has 1 atom stereocenters. The molecule has 1 heteroatoms. The first-order valence-corrected chi connectivity index (χ1v) is 3.77. The molecule has 0 fully saturated rings. The topological polar surface area (TPSA) is 20.2 Å². The molecule has 0 heterocycles. The SMILES string of the molecule is C/C=C/C[C@@H](O)C(C)(C)C. The van der Waals surface area contributed by atoms with Gasteiger partial charge in [-0.2, -0.15) is 0 Å². The maximum atomic E-state index is 9.47. The van der Waals surface area contributed by atoms with Gasteiger partial charge in [0.1, 0.15) is 0 Å². The Labute approximate surface area is 63.8 Å². The molecule has 0 aliphatic heterocycles. The van der Waals surface area contributed by atoms with Crippen molar-refractivity contribution in [3.05, 3.63) is 12.2 Å². The van der Waals surface area contributed by atoms with Gasteiger partial charge < -0.3 is 5.11 Å². The predicted molar refractivity (Wildman–Crippen MR) is 44.9 cm³/mol. The Morgan fingerprint density at radius 3 is 2.20 bits per heavy atom. The average Bonchev–Trinajstić information content (AvgIpc) is 1.80. The molecule has 0 aromatic carbocycles. The molecule has 0 radical (unpaired) electrons. The van der Waals surface area contributed by atoms with E-state index in [0.29, 0.717) is 0 Å². The number of rotatable bonds is 2. The molecule has 0 aliphatic rings. The van der Waals surface area contributed by atoms with Crippen molar-refractivity contribution in [3.63, 3.8) is 0 Å². The summed E-state index contributed by atoms with van der Waals surface area (Å²) in [5.41, 5.74) is 0.0134. The molecule has 0 aliphatic carbocycles. The van der Waals surface area contributed by atoms with Gasteiger partial charge in [0, 0.05) is 0 Å². The predicted octanol–water partition coefficient (Wildman–Crippen LogP) is 2.36. The lowest BCUT2D eigenvalue weighted by molar-refractivity contribution is 0.0659. The molecule has 1 nitrogen and oxygen atoms in total. The first-order chi connectivity index (χ1) is 4.48. The minimum Gasteiger partial charge on any atom is -0.392 e. The van der Waals surface area contributed by atoms with Crippen LogP contribution < -0.4 is 0 Å². The highest BCUT2D eigenvalue weighted by molar-refractivity contribution is 4.84. The summed E-state index contributed by atoms with van der Waals surface area (Å²) in [6, 6.07) is 0. The Hall–Kier alpha value is -0.300. The van der Waals surface area contributed by atoms with Gasteiger partial charge in [-0.25, -0.2) is 0 Å². The Morgan fingerprint density at radius 2 is 1.90 bits per heavy atom. The van der Waals surface area contributed by atoms with Crippen LogP contribution in [0.5, 0.6) is 0 Å². The van der Waals surface area contributed by atoms with Gasteiger partial charge in [-0.3, -0.25) is 0 Å². The summed E-state index contributed by atoms with van der Waals surface area (Å²) in [6.45, 7) is 8.10. The van der Waals surface area contributed by atoms with Crippen molar-refractivity contribution in [2.24, 2.45) is 5.41 Å². The smallest absolute Gasteiger partial charge is 0.0622 e. The summed E-state index contributed by atoms with van der Waals surface area (Å²) in [4.78, 5) is 0. The number of aliphatic hydroxyl groups excluding tert-OH is 1. The summed E-state index contributed by atoms with van der Waals surface area (Å²) < 4.78 is 0. The summed E-state index contributed by atoms with van der Waals surface area (Å²) in [6.07, 6.45) is 4.51. The Balaban J connectivity index is 3.73. The van der Waals surface area contributed by atoms with Gasteiger partial charge in [-0.1, -0.05) is 32.9 Å². The van der Waals surface area contributed by atoms with E-state index in [1.54, 1.807) is 0 Å². The molecule has 0 aromatic rings. The molecule has 0 spiro atoms. The van der Waals surface area contributed by atoms with Crippen LogP contribution in [0.25, 0.3) is 0 Å². The number of hydrogen-bond donors (Lipinski definition) is 1. The second-order valence-corrected chi connectivity index (χ2v) is 3.69. The fourth-order valence-electron chi connectivity index (χ4n) is 0.619. The van der Waals surface area contributed by atoms with Crippen LogP contribution in [0.2, 0.25) is 0 Å². The normalized spacial score (nSPS) is 16.1. The highest BCUT2D eigenvalue weighted by Gasteiger charge is 2.19. The van der Waals surface area contributed by atoms with Crippen LogP contribution >= 0.6 is 0 Å². The highest BCUT2D eigenvalue weighted by Crippen LogP contribution is 2.21. The van der Waals surface area contributed by atoms with Gasteiger partial charge in [0.15, 0.2) is 0 Å². The lowest BCUT2D eigenvalue weighted by Crippen LogP contribution is -2.24. The largest absolute Gasteiger partial charge is 0.392 e. The van der Waals surface area contributed by atoms with Crippen LogP contribution in [0.15, 0.2) is 12.2 Å². The van der Waals surface area contributed by atoms with Crippen molar-refractivity contribution >= 4 is 0 Å². The zero-order valence-corrected chi connectivity index (χ0v) is 7.39.